The molecule has 21 heavy (non-hydrogen) atoms. The second kappa shape index (κ2) is 7.02. The summed E-state index contributed by atoms with van der Waals surface area (Å²) in [5.74, 6) is 0. The van der Waals surface area contributed by atoms with Gasteiger partial charge in [-0.1, -0.05) is 19.8 Å². The van der Waals surface area contributed by atoms with Gasteiger partial charge in [0.05, 0.1) is 12.7 Å². The minimum atomic E-state index is -0.817. The highest BCUT2D eigenvalue weighted by atomic mass is 16.5. The molecular weight excluding hydrogens is 276 g/mol. The Hall–Kier alpha value is -1.44. The summed E-state index contributed by atoms with van der Waals surface area (Å²) in [4.78, 5) is 26.0. The van der Waals surface area contributed by atoms with Crippen molar-refractivity contribution in [2.45, 2.75) is 57.5 Å². The Bertz CT molecular complexity index is 579. The van der Waals surface area contributed by atoms with Crippen molar-refractivity contribution in [3.8, 4) is 0 Å². The first kappa shape index (κ1) is 15.9. The van der Waals surface area contributed by atoms with E-state index in [-0.39, 0.29) is 18.6 Å². The lowest BCUT2D eigenvalue weighted by Gasteiger charge is -2.15. The van der Waals surface area contributed by atoms with Gasteiger partial charge in [-0.15, -0.1) is 0 Å². The average molecular weight is 298 g/mol. The molecule has 1 aliphatic heterocycles. The molecule has 1 saturated heterocycles. The highest BCUT2D eigenvalue weighted by Crippen LogP contribution is 2.27. The van der Waals surface area contributed by atoms with Gasteiger partial charge in [0.2, 0.25) is 0 Å². The van der Waals surface area contributed by atoms with Crippen molar-refractivity contribution < 1.29 is 14.9 Å². The Labute approximate surface area is 122 Å². The SMILES string of the molecule is CCCCCc1cn([C@H]2C[C@H](O)[C@@H](CO)O2)c(=O)[nH]c1=O. The van der Waals surface area contributed by atoms with Crippen LogP contribution in [0.15, 0.2) is 15.8 Å². The van der Waals surface area contributed by atoms with Crippen molar-refractivity contribution in [1.82, 2.24) is 9.55 Å². The van der Waals surface area contributed by atoms with Crippen LogP contribution in [0.1, 0.15) is 44.4 Å². The van der Waals surface area contributed by atoms with E-state index in [1.54, 1.807) is 0 Å². The number of aromatic nitrogens is 2. The number of aliphatic hydroxyl groups is 2. The van der Waals surface area contributed by atoms with E-state index in [2.05, 4.69) is 11.9 Å². The maximum Gasteiger partial charge on any atom is 0.330 e. The van der Waals surface area contributed by atoms with Crippen LogP contribution in [0.2, 0.25) is 0 Å². The fourth-order valence-corrected chi connectivity index (χ4v) is 2.53. The molecule has 2 heterocycles. The molecule has 7 heteroatoms. The monoisotopic (exact) mass is 298 g/mol. The second-order valence-electron chi connectivity index (χ2n) is 5.39. The predicted molar refractivity (Wildman–Crippen MR) is 76.2 cm³/mol. The molecule has 1 aromatic rings. The zero-order chi connectivity index (χ0) is 15.4. The fraction of sp³-hybridized carbons (Fsp3) is 0.714. The van der Waals surface area contributed by atoms with Crippen LogP contribution in [0.3, 0.4) is 0 Å². The number of nitrogens with zero attached hydrogens (tertiary/aromatic N) is 1. The maximum absolute atomic E-state index is 11.9. The van der Waals surface area contributed by atoms with Gasteiger partial charge in [-0.05, 0) is 12.8 Å². The van der Waals surface area contributed by atoms with Crippen LogP contribution >= 0.6 is 0 Å². The minimum Gasteiger partial charge on any atom is -0.394 e. The van der Waals surface area contributed by atoms with Crippen molar-refractivity contribution >= 4 is 0 Å². The topological polar surface area (TPSA) is 105 Å². The van der Waals surface area contributed by atoms with E-state index in [0.29, 0.717) is 12.0 Å². The summed E-state index contributed by atoms with van der Waals surface area (Å²) in [5, 5.41) is 18.8. The number of hydrogen-bond donors (Lipinski definition) is 3. The van der Waals surface area contributed by atoms with E-state index in [1.165, 1.54) is 10.8 Å². The van der Waals surface area contributed by atoms with Crippen LogP contribution in [0.25, 0.3) is 0 Å². The Kier molecular flexibility index (Phi) is 5.33. The normalized spacial score (nSPS) is 25.4. The molecule has 0 aromatic carbocycles. The highest BCUT2D eigenvalue weighted by molar-refractivity contribution is 5.05. The van der Waals surface area contributed by atoms with Gasteiger partial charge in [-0.2, -0.15) is 0 Å². The molecule has 2 rings (SSSR count). The molecule has 0 spiro atoms. The molecule has 3 N–H and O–H groups in total. The smallest absolute Gasteiger partial charge is 0.330 e. The van der Waals surface area contributed by atoms with E-state index in [4.69, 9.17) is 9.84 Å². The minimum absolute atomic E-state index is 0.214. The first-order valence-electron chi connectivity index (χ1n) is 7.35. The van der Waals surface area contributed by atoms with Crippen LogP contribution in [0.4, 0.5) is 0 Å². The molecule has 0 radical (unpaired) electrons. The van der Waals surface area contributed by atoms with Gasteiger partial charge in [0.15, 0.2) is 0 Å². The van der Waals surface area contributed by atoms with Crippen LogP contribution in [0.5, 0.6) is 0 Å². The maximum atomic E-state index is 11.9. The van der Waals surface area contributed by atoms with Gasteiger partial charge in [-0.3, -0.25) is 14.3 Å². The van der Waals surface area contributed by atoms with Crippen molar-refractivity contribution in [2.75, 3.05) is 6.61 Å². The summed E-state index contributed by atoms with van der Waals surface area (Å²) >= 11 is 0. The molecule has 3 atom stereocenters. The van der Waals surface area contributed by atoms with E-state index in [1.807, 2.05) is 0 Å². The molecule has 1 aliphatic rings. The third-order valence-electron chi connectivity index (χ3n) is 3.79. The zero-order valence-corrected chi connectivity index (χ0v) is 12.1. The Balaban J connectivity index is 2.22. The number of nitrogens with one attached hydrogen (secondary N) is 1. The Morgan fingerprint density at radius 1 is 1.43 bits per heavy atom. The van der Waals surface area contributed by atoms with E-state index in [0.717, 1.165) is 19.3 Å². The molecule has 0 aliphatic carbocycles. The van der Waals surface area contributed by atoms with Gasteiger partial charge in [0.1, 0.15) is 12.3 Å². The second-order valence-corrected chi connectivity index (χ2v) is 5.39. The molecule has 1 fully saturated rings. The Morgan fingerprint density at radius 3 is 2.81 bits per heavy atom. The number of H-pyrrole nitrogens is 1. The lowest BCUT2D eigenvalue weighted by atomic mass is 10.1. The summed E-state index contributed by atoms with van der Waals surface area (Å²) in [5.41, 5.74) is -0.395. The quantitative estimate of drug-likeness (QED) is 0.637. The van der Waals surface area contributed by atoms with Crippen LogP contribution in [-0.2, 0) is 11.2 Å². The van der Waals surface area contributed by atoms with Gasteiger partial charge in [0.25, 0.3) is 5.56 Å². The fourth-order valence-electron chi connectivity index (χ4n) is 2.53. The largest absolute Gasteiger partial charge is 0.394 e. The number of aromatic amines is 1. The standard InChI is InChI=1S/C14H22N2O5/c1-2-3-4-5-9-7-16(14(20)15-13(9)19)12-6-10(18)11(8-17)21-12/h7,10-12,17-18H,2-6,8H2,1H3,(H,15,19,20)/t10-,11+,12+/m0/s1. The molecular formula is C14H22N2O5. The number of aryl methyl sites for hydroxylation is 1. The highest BCUT2D eigenvalue weighted by Gasteiger charge is 2.35. The number of ether oxygens (including phenoxy) is 1. The van der Waals surface area contributed by atoms with Crippen LogP contribution < -0.4 is 11.2 Å². The summed E-state index contributed by atoms with van der Waals surface area (Å²) in [6.45, 7) is 1.77. The van der Waals surface area contributed by atoms with Crippen LogP contribution in [-0.4, -0.2) is 38.6 Å². The van der Waals surface area contributed by atoms with E-state index >= 15 is 0 Å². The molecule has 0 bridgehead atoms. The van der Waals surface area contributed by atoms with E-state index < -0.39 is 24.1 Å². The van der Waals surface area contributed by atoms with Crippen LogP contribution in [0, 0.1) is 0 Å². The molecule has 1 aromatic heterocycles. The Morgan fingerprint density at radius 2 is 2.19 bits per heavy atom. The van der Waals surface area contributed by atoms with Gasteiger partial charge in [-0.25, -0.2) is 4.79 Å². The van der Waals surface area contributed by atoms with Gasteiger partial charge < -0.3 is 14.9 Å². The summed E-state index contributed by atoms with van der Waals surface area (Å²) < 4.78 is 6.74. The molecule has 0 saturated carbocycles. The third-order valence-corrected chi connectivity index (χ3v) is 3.79. The summed E-state index contributed by atoms with van der Waals surface area (Å²) in [6.07, 6.45) is 3.09. The molecule has 0 amide bonds. The van der Waals surface area contributed by atoms with Gasteiger partial charge in [0, 0.05) is 18.2 Å². The number of hydrogen-bond acceptors (Lipinski definition) is 5. The summed E-state index contributed by atoms with van der Waals surface area (Å²) in [7, 11) is 0. The lowest BCUT2D eigenvalue weighted by Crippen LogP contribution is -2.34. The molecule has 118 valence electrons. The number of aliphatic hydroxyl groups excluding tert-OH is 2. The number of unbranched alkanes of at least 4 members (excludes halogenated alkanes) is 2. The van der Waals surface area contributed by atoms with Crippen molar-refractivity contribution in [3.63, 3.8) is 0 Å². The zero-order valence-electron chi connectivity index (χ0n) is 12.1. The first-order chi connectivity index (χ1) is 10.1. The predicted octanol–water partition coefficient (Wildman–Crippen LogP) is -0.0900. The van der Waals surface area contributed by atoms with Crippen molar-refractivity contribution in [1.29, 1.82) is 0 Å². The molecule has 7 nitrogen and oxygen atoms in total. The first-order valence-corrected chi connectivity index (χ1v) is 7.35. The van der Waals surface area contributed by atoms with Crippen molar-refractivity contribution in [3.05, 3.63) is 32.6 Å². The van der Waals surface area contributed by atoms with Gasteiger partial charge >= 0.3 is 5.69 Å². The average Bonchev–Trinajstić information content (AvgIpc) is 2.82. The van der Waals surface area contributed by atoms with E-state index in [9.17, 15) is 14.7 Å². The lowest BCUT2D eigenvalue weighted by molar-refractivity contribution is -0.0460. The summed E-state index contributed by atoms with van der Waals surface area (Å²) in [6, 6.07) is 0. The van der Waals surface area contributed by atoms with Crippen molar-refractivity contribution in [2.24, 2.45) is 0 Å². The number of rotatable bonds is 6. The third kappa shape index (κ3) is 3.61. The molecule has 0 unspecified atom stereocenters.